The van der Waals surface area contributed by atoms with Crippen molar-refractivity contribution in [1.29, 1.82) is 0 Å². The number of hydrogen-bond donors (Lipinski definition) is 1. The number of aryl methyl sites for hydroxylation is 1. The monoisotopic (exact) mass is 263 g/mol. The highest BCUT2D eigenvalue weighted by Crippen LogP contribution is 2.29. The zero-order chi connectivity index (χ0) is 13.3. The van der Waals surface area contributed by atoms with Gasteiger partial charge in [-0.05, 0) is 38.0 Å². The van der Waals surface area contributed by atoms with Crippen LogP contribution in [0.5, 0.6) is 0 Å². The highest BCUT2D eigenvalue weighted by molar-refractivity contribution is 7.18. The highest BCUT2D eigenvalue weighted by Gasteiger charge is 2.28. The third-order valence-electron chi connectivity index (χ3n) is 3.08. The van der Waals surface area contributed by atoms with E-state index in [0.717, 1.165) is 21.6 Å². The summed E-state index contributed by atoms with van der Waals surface area (Å²) in [6.45, 7) is 5.59. The second kappa shape index (κ2) is 4.69. The molecule has 3 nitrogen and oxygen atoms in total. The van der Waals surface area contributed by atoms with Crippen LogP contribution in [0.1, 0.15) is 31.3 Å². The normalized spacial score (nSPS) is 11.9. The summed E-state index contributed by atoms with van der Waals surface area (Å²) < 4.78 is 1.14. The first kappa shape index (κ1) is 13.0. The Kier molecular flexibility index (Phi) is 3.39. The van der Waals surface area contributed by atoms with Gasteiger partial charge in [-0.3, -0.25) is 4.79 Å². The van der Waals surface area contributed by atoms with Crippen LogP contribution in [0, 0.1) is 5.41 Å². The molecule has 0 atom stereocenters. The van der Waals surface area contributed by atoms with Gasteiger partial charge in [0.2, 0.25) is 0 Å². The number of hydrogen-bond acceptors (Lipinski definition) is 3. The van der Waals surface area contributed by atoms with Crippen molar-refractivity contribution in [2.75, 3.05) is 0 Å². The Morgan fingerprint density at radius 2 is 2.17 bits per heavy atom. The Morgan fingerprint density at radius 1 is 1.44 bits per heavy atom. The van der Waals surface area contributed by atoms with Gasteiger partial charge in [-0.2, -0.15) is 0 Å². The molecule has 1 N–H and O–H groups in total. The molecule has 0 aliphatic rings. The summed E-state index contributed by atoms with van der Waals surface area (Å²) >= 11 is 1.60. The van der Waals surface area contributed by atoms with Crippen LogP contribution >= 0.6 is 11.3 Å². The molecule has 1 aromatic carbocycles. The van der Waals surface area contributed by atoms with Crippen LogP contribution < -0.4 is 0 Å². The molecule has 0 saturated carbocycles. The molecular weight excluding hydrogens is 246 g/mol. The highest BCUT2D eigenvalue weighted by atomic mass is 32.1. The van der Waals surface area contributed by atoms with Crippen molar-refractivity contribution in [3.05, 3.63) is 28.8 Å². The maximum atomic E-state index is 11.1. The molecule has 0 fully saturated rings. The van der Waals surface area contributed by atoms with E-state index in [2.05, 4.69) is 24.0 Å². The van der Waals surface area contributed by atoms with Gasteiger partial charge in [0.15, 0.2) is 0 Å². The largest absolute Gasteiger partial charge is 0.481 e. The molecule has 2 rings (SSSR count). The first-order valence-electron chi connectivity index (χ1n) is 6.04. The lowest BCUT2D eigenvalue weighted by Crippen LogP contribution is -2.26. The van der Waals surface area contributed by atoms with Crippen molar-refractivity contribution >= 4 is 27.5 Å². The van der Waals surface area contributed by atoms with Crippen molar-refractivity contribution in [2.45, 2.75) is 33.6 Å². The number of fused-ring (bicyclic) bond motifs is 1. The lowest BCUT2D eigenvalue weighted by atomic mass is 9.90. The van der Waals surface area contributed by atoms with Crippen molar-refractivity contribution in [3.8, 4) is 0 Å². The molecule has 0 amide bonds. The van der Waals surface area contributed by atoms with Crippen LogP contribution in [0.2, 0.25) is 0 Å². The minimum Gasteiger partial charge on any atom is -0.481 e. The molecule has 0 bridgehead atoms. The van der Waals surface area contributed by atoms with E-state index in [1.807, 2.05) is 6.07 Å². The molecular formula is C14H17NO2S. The number of carboxylic acid groups (broad SMARTS) is 1. The maximum Gasteiger partial charge on any atom is 0.309 e. The Morgan fingerprint density at radius 3 is 2.78 bits per heavy atom. The standard InChI is InChI=1S/C14H17NO2S/c1-4-9-5-6-10-11(7-9)18-12(15-10)8-14(2,3)13(16)17/h5-7H,4,8H2,1-3H3,(H,16,17). The van der Waals surface area contributed by atoms with Crippen molar-refractivity contribution in [2.24, 2.45) is 5.41 Å². The van der Waals surface area contributed by atoms with Gasteiger partial charge in [-0.25, -0.2) is 4.98 Å². The van der Waals surface area contributed by atoms with Gasteiger partial charge in [-0.15, -0.1) is 11.3 Å². The predicted molar refractivity (Wildman–Crippen MR) is 74.1 cm³/mol. The van der Waals surface area contributed by atoms with Gasteiger partial charge in [-0.1, -0.05) is 13.0 Å². The number of carbonyl (C=O) groups is 1. The second-order valence-corrected chi connectivity index (χ2v) is 6.24. The number of rotatable bonds is 4. The molecule has 0 spiro atoms. The molecule has 0 aliphatic carbocycles. The maximum absolute atomic E-state index is 11.1. The van der Waals surface area contributed by atoms with Crippen LogP contribution in [0.25, 0.3) is 10.2 Å². The first-order chi connectivity index (χ1) is 8.42. The summed E-state index contributed by atoms with van der Waals surface area (Å²) in [5.74, 6) is -0.781. The Balaban J connectivity index is 2.33. The SMILES string of the molecule is CCc1ccc2nc(CC(C)(C)C(=O)O)sc2c1. The van der Waals surface area contributed by atoms with E-state index in [1.54, 1.807) is 25.2 Å². The summed E-state index contributed by atoms with van der Waals surface area (Å²) in [4.78, 5) is 15.6. The number of benzene rings is 1. The molecule has 0 saturated heterocycles. The summed E-state index contributed by atoms with van der Waals surface area (Å²) in [5, 5.41) is 10.0. The van der Waals surface area contributed by atoms with E-state index in [1.165, 1.54) is 5.56 Å². The fourth-order valence-electron chi connectivity index (χ4n) is 1.77. The first-order valence-corrected chi connectivity index (χ1v) is 6.86. The molecule has 4 heteroatoms. The smallest absolute Gasteiger partial charge is 0.309 e. The molecule has 1 heterocycles. The van der Waals surface area contributed by atoms with Crippen LogP contribution in [0.3, 0.4) is 0 Å². The zero-order valence-electron chi connectivity index (χ0n) is 10.9. The number of aromatic nitrogens is 1. The molecule has 1 aromatic heterocycles. The van der Waals surface area contributed by atoms with Crippen molar-refractivity contribution < 1.29 is 9.90 Å². The van der Waals surface area contributed by atoms with E-state index in [4.69, 9.17) is 5.11 Å². The molecule has 2 aromatic rings. The fourth-order valence-corrected chi connectivity index (χ4v) is 3.03. The topological polar surface area (TPSA) is 50.2 Å². The minimum atomic E-state index is -0.781. The summed E-state index contributed by atoms with van der Waals surface area (Å²) in [7, 11) is 0. The van der Waals surface area contributed by atoms with E-state index < -0.39 is 11.4 Å². The third-order valence-corrected chi connectivity index (χ3v) is 4.10. The Bertz CT molecular complexity index is 586. The van der Waals surface area contributed by atoms with Gasteiger partial charge in [0.05, 0.1) is 20.6 Å². The third kappa shape index (κ3) is 2.53. The lowest BCUT2D eigenvalue weighted by molar-refractivity contribution is -0.146. The van der Waals surface area contributed by atoms with Crippen LogP contribution in [-0.4, -0.2) is 16.1 Å². The van der Waals surface area contributed by atoms with Gasteiger partial charge in [0, 0.05) is 6.42 Å². The van der Waals surface area contributed by atoms with Crippen LogP contribution in [0.4, 0.5) is 0 Å². The summed E-state index contributed by atoms with van der Waals surface area (Å²) in [5.41, 5.74) is 1.49. The Labute approximate surface area is 110 Å². The van der Waals surface area contributed by atoms with E-state index in [-0.39, 0.29) is 0 Å². The number of aliphatic carboxylic acids is 1. The van der Waals surface area contributed by atoms with Gasteiger partial charge < -0.3 is 5.11 Å². The van der Waals surface area contributed by atoms with E-state index in [0.29, 0.717) is 6.42 Å². The van der Waals surface area contributed by atoms with Crippen LogP contribution in [-0.2, 0) is 17.6 Å². The van der Waals surface area contributed by atoms with Crippen molar-refractivity contribution in [1.82, 2.24) is 4.98 Å². The van der Waals surface area contributed by atoms with Gasteiger partial charge in [0.1, 0.15) is 0 Å². The van der Waals surface area contributed by atoms with Crippen molar-refractivity contribution in [3.63, 3.8) is 0 Å². The molecule has 0 unspecified atom stereocenters. The van der Waals surface area contributed by atoms with E-state index in [9.17, 15) is 4.79 Å². The number of carboxylic acids is 1. The fraction of sp³-hybridized carbons (Fsp3) is 0.429. The zero-order valence-corrected chi connectivity index (χ0v) is 11.7. The second-order valence-electron chi connectivity index (χ2n) is 5.13. The van der Waals surface area contributed by atoms with Crippen LogP contribution in [0.15, 0.2) is 18.2 Å². The lowest BCUT2D eigenvalue weighted by Gasteiger charge is -2.16. The van der Waals surface area contributed by atoms with Gasteiger partial charge >= 0.3 is 5.97 Å². The van der Waals surface area contributed by atoms with E-state index >= 15 is 0 Å². The quantitative estimate of drug-likeness (QED) is 0.918. The minimum absolute atomic E-state index is 0.475. The predicted octanol–water partition coefficient (Wildman–Crippen LogP) is 3.51. The average Bonchev–Trinajstić information content (AvgIpc) is 2.68. The summed E-state index contributed by atoms with van der Waals surface area (Å²) in [6.07, 6.45) is 1.48. The molecule has 0 radical (unpaired) electrons. The summed E-state index contributed by atoms with van der Waals surface area (Å²) in [6, 6.07) is 6.24. The number of thiazole rings is 1. The number of nitrogens with zero attached hydrogens (tertiary/aromatic N) is 1. The Hall–Kier alpha value is -1.42. The molecule has 96 valence electrons. The van der Waals surface area contributed by atoms with Gasteiger partial charge in [0.25, 0.3) is 0 Å². The molecule has 18 heavy (non-hydrogen) atoms. The molecule has 0 aliphatic heterocycles. The average molecular weight is 263 g/mol.